The van der Waals surface area contributed by atoms with Gasteiger partial charge in [0.05, 0.1) is 17.8 Å². The number of anilines is 1. The van der Waals surface area contributed by atoms with Crippen molar-refractivity contribution in [1.82, 2.24) is 19.8 Å². The highest BCUT2D eigenvalue weighted by Crippen LogP contribution is 2.42. The van der Waals surface area contributed by atoms with E-state index in [1.165, 1.54) is 0 Å². The molecule has 0 bridgehead atoms. The van der Waals surface area contributed by atoms with Gasteiger partial charge in [-0.25, -0.2) is 0 Å². The molecule has 0 spiro atoms. The minimum absolute atomic E-state index is 0.0609. The fourth-order valence-electron chi connectivity index (χ4n) is 6.04. The van der Waals surface area contributed by atoms with Gasteiger partial charge in [0.15, 0.2) is 5.11 Å². The number of nitrogens with one attached hydrogen (secondary N) is 2. The predicted molar refractivity (Wildman–Crippen MR) is 174 cm³/mol. The summed E-state index contributed by atoms with van der Waals surface area (Å²) < 4.78 is 2.25. The third kappa shape index (κ3) is 5.26. The summed E-state index contributed by atoms with van der Waals surface area (Å²) >= 11 is 12.3. The first kappa shape index (κ1) is 27.9. The van der Waals surface area contributed by atoms with E-state index < -0.39 is 0 Å². The Bertz CT molecular complexity index is 1800. The normalized spacial score (nSPS) is 16.6. The number of benzene rings is 3. The molecule has 1 amide bonds. The lowest BCUT2D eigenvalue weighted by Gasteiger charge is -2.28. The minimum atomic E-state index is -0.172. The van der Waals surface area contributed by atoms with Crippen molar-refractivity contribution in [3.63, 3.8) is 0 Å². The van der Waals surface area contributed by atoms with E-state index in [1.807, 2.05) is 78.9 Å². The number of halogens is 1. The van der Waals surface area contributed by atoms with Crippen LogP contribution in [0.25, 0.3) is 16.5 Å². The molecule has 1 aliphatic heterocycles. The maximum absolute atomic E-state index is 13.3. The molecule has 1 aliphatic rings. The molecule has 0 aliphatic carbocycles. The van der Waals surface area contributed by atoms with Crippen molar-refractivity contribution in [2.45, 2.75) is 39.3 Å². The topological polar surface area (TPSA) is 62.2 Å². The van der Waals surface area contributed by atoms with Gasteiger partial charge in [-0.15, -0.1) is 0 Å². The summed E-state index contributed by atoms with van der Waals surface area (Å²) in [5.41, 5.74) is 7.22. The highest BCUT2D eigenvalue weighted by molar-refractivity contribution is 7.80. The van der Waals surface area contributed by atoms with Crippen LogP contribution in [0, 0.1) is 20.8 Å². The van der Waals surface area contributed by atoms with Crippen LogP contribution in [-0.4, -0.2) is 32.0 Å². The first-order chi connectivity index (χ1) is 20.3. The van der Waals surface area contributed by atoms with Crippen LogP contribution in [0.5, 0.6) is 0 Å². The van der Waals surface area contributed by atoms with Gasteiger partial charge in [-0.2, -0.15) is 0 Å². The molecule has 2 N–H and O–H groups in total. The molecule has 3 heterocycles. The minimum Gasteiger partial charge on any atom is -0.352 e. The van der Waals surface area contributed by atoms with Crippen molar-refractivity contribution in [1.29, 1.82) is 0 Å². The highest BCUT2D eigenvalue weighted by Gasteiger charge is 2.41. The summed E-state index contributed by atoms with van der Waals surface area (Å²) in [7, 11) is 0. The number of carbonyl (C=O) groups excluding carboxylic acids is 1. The zero-order valence-electron chi connectivity index (χ0n) is 23.8. The van der Waals surface area contributed by atoms with Crippen LogP contribution < -0.4 is 10.6 Å². The molecule has 42 heavy (non-hydrogen) atoms. The van der Waals surface area contributed by atoms with Crippen molar-refractivity contribution in [3.8, 4) is 5.69 Å². The molecule has 8 heteroatoms. The number of carbonyl (C=O) groups is 1. The third-order valence-corrected chi connectivity index (χ3v) is 8.63. The van der Waals surface area contributed by atoms with E-state index in [4.69, 9.17) is 23.8 Å². The Kier molecular flexibility index (Phi) is 7.71. The van der Waals surface area contributed by atoms with E-state index in [1.54, 1.807) is 6.20 Å². The molecular weight excluding hydrogens is 562 g/mol. The molecule has 1 fully saturated rings. The van der Waals surface area contributed by atoms with Gasteiger partial charge in [0.1, 0.15) is 0 Å². The quantitative estimate of drug-likeness (QED) is 0.190. The van der Waals surface area contributed by atoms with E-state index in [0.717, 1.165) is 50.4 Å². The third-order valence-electron chi connectivity index (χ3n) is 8.04. The standard InChI is InChI=1S/C34H32ClN5OS/c1-21-14-15-25(35)20-30(21)40-22(2)19-27(23(40)3)33-32(29-12-6-7-17-36-29)38-34(42)39(33)18-16-31(41)37-28-13-8-10-24-9-4-5-11-26(24)28/h4-15,17,19-20,32-33H,16,18H2,1-3H3,(H,37,41)(H,38,42)/t32-,33+/m1/s1. The van der Waals surface area contributed by atoms with Crippen LogP contribution in [0.3, 0.4) is 0 Å². The van der Waals surface area contributed by atoms with E-state index >= 15 is 0 Å². The molecule has 0 saturated carbocycles. The van der Waals surface area contributed by atoms with E-state index in [9.17, 15) is 4.79 Å². The number of amides is 1. The Morgan fingerprint density at radius 2 is 1.79 bits per heavy atom. The number of hydrogen-bond acceptors (Lipinski definition) is 3. The molecule has 3 aromatic carbocycles. The number of pyridine rings is 1. The van der Waals surface area contributed by atoms with Crippen LogP contribution in [0.4, 0.5) is 5.69 Å². The molecule has 1 saturated heterocycles. The monoisotopic (exact) mass is 593 g/mol. The van der Waals surface area contributed by atoms with Crippen LogP contribution in [0.1, 0.15) is 46.7 Å². The Morgan fingerprint density at radius 3 is 2.60 bits per heavy atom. The fraction of sp³-hybridized carbons (Fsp3) is 0.206. The molecule has 6 nitrogen and oxygen atoms in total. The first-order valence-corrected chi connectivity index (χ1v) is 14.8. The lowest BCUT2D eigenvalue weighted by atomic mass is 9.96. The number of nitrogens with zero attached hydrogens (tertiary/aromatic N) is 3. The Hall–Kier alpha value is -4.20. The van der Waals surface area contributed by atoms with Crippen LogP contribution in [-0.2, 0) is 4.79 Å². The van der Waals surface area contributed by atoms with Crippen molar-refractivity contribution >= 4 is 51.3 Å². The second-order valence-corrected chi connectivity index (χ2v) is 11.6. The fourth-order valence-corrected chi connectivity index (χ4v) is 6.53. The second-order valence-electron chi connectivity index (χ2n) is 10.7. The molecule has 2 atom stereocenters. The number of aryl methyl sites for hydroxylation is 2. The molecule has 5 aromatic rings. The first-order valence-electron chi connectivity index (χ1n) is 14.0. The maximum Gasteiger partial charge on any atom is 0.226 e. The molecule has 212 valence electrons. The maximum atomic E-state index is 13.3. The highest BCUT2D eigenvalue weighted by atomic mass is 35.5. The van der Waals surface area contributed by atoms with Crippen LogP contribution in [0.15, 0.2) is 91.1 Å². The number of fused-ring (bicyclic) bond motifs is 1. The predicted octanol–water partition coefficient (Wildman–Crippen LogP) is 7.61. The van der Waals surface area contributed by atoms with Crippen molar-refractivity contribution < 1.29 is 4.79 Å². The average molecular weight is 594 g/mol. The Labute approximate surface area is 256 Å². The summed E-state index contributed by atoms with van der Waals surface area (Å²) in [5.74, 6) is -0.0609. The average Bonchev–Trinajstić information content (AvgIpc) is 3.47. The van der Waals surface area contributed by atoms with Gasteiger partial charge in [0.2, 0.25) is 5.91 Å². The van der Waals surface area contributed by atoms with E-state index in [2.05, 4.69) is 51.9 Å². The van der Waals surface area contributed by atoms with Gasteiger partial charge < -0.3 is 20.1 Å². The molecule has 2 aromatic heterocycles. The summed E-state index contributed by atoms with van der Waals surface area (Å²) in [6.07, 6.45) is 2.08. The van der Waals surface area contributed by atoms with Crippen molar-refractivity contribution in [2.24, 2.45) is 0 Å². The van der Waals surface area contributed by atoms with E-state index in [-0.39, 0.29) is 24.4 Å². The number of hydrogen-bond donors (Lipinski definition) is 2. The second kappa shape index (κ2) is 11.6. The summed E-state index contributed by atoms with van der Waals surface area (Å²) in [6, 6.07) is 27.8. The number of thiocarbonyl (C=S) groups is 1. The Balaban J connectivity index is 1.33. The smallest absolute Gasteiger partial charge is 0.226 e. The largest absolute Gasteiger partial charge is 0.352 e. The van der Waals surface area contributed by atoms with Gasteiger partial charge in [-0.1, -0.05) is 60.1 Å². The van der Waals surface area contributed by atoms with Gasteiger partial charge in [-0.3, -0.25) is 9.78 Å². The van der Waals surface area contributed by atoms with Crippen LogP contribution >= 0.6 is 23.8 Å². The van der Waals surface area contributed by atoms with Gasteiger partial charge >= 0.3 is 0 Å². The SMILES string of the molecule is Cc1ccc(Cl)cc1-n1c(C)cc([C@H]2[C@@H](c3ccccn3)NC(=S)N2CCC(=O)Nc2cccc3ccccc23)c1C. The molecule has 6 rings (SSSR count). The molecule has 0 unspecified atom stereocenters. The van der Waals surface area contributed by atoms with Gasteiger partial charge in [-0.05, 0) is 85.9 Å². The van der Waals surface area contributed by atoms with Gasteiger partial charge in [0, 0.05) is 52.3 Å². The number of rotatable bonds is 7. The summed E-state index contributed by atoms with van der Waals surface area (Å²) in [6.45, 7) is 6.78. The van der Waals surface area contributed by atoms with Gasteiger partial charge in [0.25, 0.3) is 0 Å². The number of aromatic nitrogens is 2. The van der Waals surface area contributed by atoms with Crippen molar-refractivity contribution in [3.05, 3.63) is 124 Å². The van der Waals surface area contributed by atoms with Crippen LogP contribution in [0.2, 0.25) is 5.02 Å². The molecule has 0 radical (unpaired) electrons. The zero-order valence-corrected chi connectivity index (χ0v) is 25.3. The van der Waals surface area contributed by atoms with Crippen molar-refractivity contribution in [2.75, 3.05) is 11.9 Å². The van der Waals surface area contributed by atoms with E-state index in [0.29, 0.717) is 16.7 Å². The lowest BCUT2D eigenvalue weighted by Crippen LogP contribution is -2.33. The summed E-state index contributed by atoms with van der Waals surface area (Å²) in [5, 5.41) is 10.0. The zero-order chi connectivity index (χ0) is 29.4. The molecular formula is C34H32ClN5OS. The summed E-state index contributed by atoms with van der Waals surface area (Å²) in [4.78, 5) is 20.1. The Morgan fingerprint density at radius 1 is 1.00 bits per heavy atom. The lowest BCUT2D eigenvalue weighted by molar-refractivity contribution is -0.116.